The summed E-state index contributed by atoms with van der Waals surface area (Å²) < 4.78 is 5.84. The van der Waals surface area contributed by atoms with Gasteiger partial charge in [0.2, 0.25) is 5.91 Å². The highest BCUT2D eigenvalue weighted by molar-refractivity contribution is 6.09. The minimum Gasteiger partial charge on any atom is -0.489 e. The molecule has 1 N–H and O–H groups in total. The first kappa shape index (κ1) is 23.6. The summed E-state index contributed by atoms with van der Waals surface area (Å²) in [5.41, 5.74) is 2.87. The van der Waals surface area contributed by atoms with Crippen LogP contribution in [0.25, 0.3) is 0 Å². The van der Waals surface area contributed by atoms with E-state index < -0.39 is 11.6 Å². The van der Waals surface area contributed by atoms with Crippen LogP contribution >= 0.6 is 0 Å². The van der Waals surface area contributed by atoms with E-state index in [1.165, 1.54) is 0 Å². The minimum atomic E-state index is -1.05. The highest BCUT2D eigenvalue weighted by Crippen LogP contribution is 2.41. The number of carbonyl (C=O) groups excluding carboxylic acids is 3. The third kappa shape index (κ3) is 4.44. The zero-order chi connectivity index (χ0) is 25.1. The average molecular weight is 484 g/mol. The first-order chi connectivity index (χ1) is 17.5. The quantitative estimate of drug-likeness (QED) is 0.491. The maximum absolute atomic E-state index is 13.4. The van der Waals surface area contributed by atoms with E-state index in [1.54, 1.807) is 4.90 Å². The number of aryl methyl sites for hydroxylation is 1. The minimum absolute atomic E-state index is 0.270. The molecule has 1 aliphatic heterocycles. The monoisotopic (exact) mass is 483 g/mol. The second-order valence-corrected chi connectivity index (χ2v) is 9.21. The molecule has 1 fully saturated rings. The van der Waals surface area contributed by atoms with Gasteiger partial charge in [0.15, 0.2) is 0 Å². The van der Waals surface area contributed by atoms with Crippen LogP contribution in [0.5, 0.6) is 5.75 Å². The fraction of sp³-hybridized carbons (Fsp3) is 0.276. The number of imide groups is 1. The van der Waals surface area contributed by atoms with Gasteiger partial charge in [0.25, 0.3) is 5.91 Å². The van der Waals surface area contributed by atoms with Gasteiger partial charge in [0.05, 0.1) is 0 Å². The molecule has 1 aliphatic carbocycles. The number of carbonyl (C=O) groups is 3. The highest BCUT2D eigenvalue weighted by Gasteiger charge is 2.55. The van der Waals surface area contributed by atoms with Crippen molar-refractivity contribution in [3.8, 4) is 5.75 Å². The zero-order valence-electron chi connectivity index (χ0n) is 20.3. The average Bonchev–Trinajstić information content (AvgIpc) is 3.40. The first-order valence-electron chi connectivity index (χ1n) is 12.3. The number of ether oxygens (including phenoxy) is 1. The van der Waals surface area contributed by atoms with Gasteiger partial charge in [-0.25, -0.2) is 4.79 Å². The molecule has 7 nitrogen and oxygen atoms in total. The molecule has 0 bridgehead atoms. The Morgan fingerprint density at radius 1 is 0.972 bits per heavy atom. The van der Waals surface area contributed by atoms with Crippen LogP contribution in [0, 0.1) is 0 Å². The van der Waals surface area contributed by atoms with Gasteiger partial charge in [-0.05, 0) is 54.2 Å². The lowest BCUT2D eigenvalue weighted by atomic mass is 9.92. The van der Waals surface area contributed by atoms with E-state index in [2.05, 4.69) is 5.32 Å². The Kier molecular flexibility index (Phi) is 6.46. The third-order valence-corrected chi connectivity index (χ3v) is 7.00. The van der Waals surface area contributed by atoms with E-state index in [1.807, 2.05) is 85.8 Å². The lowest BCUT2D eigenvalue weighted by Gasteiger charge is -2.25. The first-order valence-corrected chi connectivity index (χ1v) is 12.3. The molecule has 2 aliphatic rings. The van der Waals surface area contributed by atoms with Crippen LogP contribution in [-0.4, -0.2) is 40.7 Å². The molecule has 1 heterocycles. The number of nitrogens with zero attached hydrogens (tertiary/aromatic N) is 2. The molecule has 3 aromatic carbocycles. The third-order valence-electron chi connectivity index (χ3n) is 7.00. The molecule has 4 amide bonds. The summed E-state index contributed by atoms with van der Waals surface area (Å²) >= 11 is 0. The SMILES string of the molecule is CCN(Cc1ccc(OCc2ccccc2)cc1)C(=O)CN1C(=O)N[C@@]2(CCc3ccccc32)C1=O. The van der Waals surface area contributed by atoms with Crippen molar-refractivity contribution in [3.63, 3.8) is 0 Å². The molecule has 0 unspecified atom stereocenters. The second kappa shape index (κ2) is 9.85. The van der Waals surface area contributed by atoms with Crippen LogP contribution in [0.2, 0.25) is 0 Å². The van der Waals surface area contributed by atoms with E-state index in [0.29, 0.717) is 26.1 Å². The molecule has 184 valence electrons. The summed E-state index contributed by atoms with van der Waals surface area (Å²) in [5.74, 6) is 0.133. The molecule has 3 aromatic rings. The molecule has 1 saturated heterocycles. The molecule has 5 rings (SSSR count). The molecule has 1 atom stereocenters. The largest absolute Gasteiger partial charge is 0.489 e. The van der Waals surface area contributed by atoms with Crippen molar-refractivity contribution in [1.82, 2.24) is 15.1 Å². The van der Waals surface area contributed by atoms with Crippen molar-refractivity contribution in [2.45, 2.75) is 38.5 Å². The fourth-order valence-electron chi connectivity index (χ4n) is 5.00. The van der Waals surface area contributed by atoms with Crippen molar-refractivity contribution in [2.75, 3.05) is 13.1 Å². The lowest BCUT2D eigenvalue weighted by molar-refractivity contribution is -0.139. The second-order valence-electron chi connectivity index (χ2n) is 9.21. The molecule has 0 aromatic heterocycles. The van der Waals surface area contributed by atoms with Crippen LogP contribution in [-0.2, 0) is 34.7 Å². The molecule has 7 heteroatoms. The Balaban J connectivity index is 1.21. The standard InChI is InChI=1S/C29H29N3O4/c1-2-31(18-21-12-14-24(15-13-21)36-20-22-8-4-3-5-9-22)26(33)19-32-27(34)29(30-28(32)35)17-16-23-10-6-7-11-25(23)29/h3-15H,2,16-20H2,1H3,(H,30,35)/t29-/m1/s1. The van der Waals surface area contributed by atoms with Crippen molar-refractivity contribution >= 4 is 17.8 Å². The maximum atomic E-state index is 13.4. The van der Waals surface area contributed by atoms with Gasteiger partial charge in [-0.3, -0.25) is 14.5 Å². The number of hydrogen-bond acceptors (Lipinski definition) is 4. The Labute approximate surface area is 210 Å². The highest BCUT2D eigenvalue weighted by atomic mass is 16.5. The number of nitrogens with one attached hydrogen (secondary N) is 1. The number of hydrogen-bond donors (Lipinski definition) is 1. The molecule has 0 radical (unpaired) electrons. The van der Waals surface area contributed by atoms with Crippen molar-refractivity contribution in [3.05, 3.63) is 101 Å². The van der Waals surface area contributed by atoms with Gasteiger partial charge in [-0.15, -0.1) is 0 Å². The van der Waals surface area contributed by atoms with E-state index in [4.69, 9.17) is 4.74 Å². The van der Waals surface area contributed by atoms with E-state index in [0.717, 1.165) is 39.3 Å². The normalized spacial score (nSPS) is 18.3. The van der Waals surface area contributed by atoms with Crippen LogP contribution in [0.1, 0.15) is 35.6 Å². The van der Waals surface area contributed by atoms with Crippen LogP contribution in [0.3, 0.4) is 0 Å². The Bertz CT molecular complexity index is 1280. The summed E-state index contributed by atoms with van der Waals surface area (Å²) in [6.07, 6.45) is 1.23. The van der Waals surface area contributed by atoms with Crippen LogP contribution in [0.4, 0.5) is 4.79 Å². The molecule has 36 heavy (non-hydrogen) atoms. The topological polar surface area (TPSA) is 79.0 Å². The number of fused-ring (bicyclic) bond motifs is 2. The summed E-state index contributed by atoms with van der Waals surface area (Å²) in [4.78, 5) is 42.0. The summed E-state index contributed by atoms with van der Waals surface area (Å²) in [5, 5.41) is 2.88. The number of likely N-dealkylation sites (N-methyl/N-ethyl adjacent to an activating group) is 1. The Morgan fingerprint density at radius 3 is 2.44 bits per heavy atom. The predicted octanol–water partition coefficient (Wildman–Crippen LogP) is 4.01. The van der Waals surface area contributed by atoms with Crippen LogP contribution < -0.4 is 10.1 Å². The zero-order valence-corrected chi connectivity index (χ0v) is 20.3. The van der Waals surface area contributed by atoms with Gasteiger partial charge in [0, 0.05) is 13.1 Å². The molecule has 1 spiro atoms. The van der Waals surface area contributed by atoms with E-state index in [9.17, 15) is 14.4 Å². The van der Waals surface area contributed by atoms with Crippen molar-refractivity contribution < 1.29 is 19.1 Å². The number of amides is 4. The summed E-state index contributed by atoms with van der Waals surface area (Å²) in [7, 11) is 0. The number of benzene rings is 3. The molecular formula is C29H29N3O4. The fourth-order valence-corrected chi connectivity index (χ4v) is 5.00. The van der Waals surface area contributed by atoms with E-state index >= 15 is 0 Å². The van der Waals surface area contributed by atoms with Gasteiger partial charge in [-0.1, -0.05) is 66.7 Å². The van der Waals surface area contributed by atoms with Crippen molar-refractivity contribution in [2.24, 2.45) is 0 Å². The smallest absolute Gasteiger partial charge is 0.325 e. The van der Waals surface area contributed by atoms with Gasteiger partial charge < -0.3 is 15.0 Å². The number of rotatable bonds is 8. The van der Waals surface area contributed by atoms with Gasteiger partial charge >= 0.3 is 6.03 Å². The van der Waals surface area contributed by atoms with Crippen molar-refractivity contribution in [1.29, 1.82) is 0 Å². The molecular weight excluding hydrogens is 454 g/mol. The maximum Gasteiger partial charge on any atom is 0.325 e. The Hall–Kier alpha value is -4.13. The molecule has 0 saturated carbocycles. The summed E-state index contributed by atoms with van der Waals surface area (Å²) in [6.45, 7) is 2.93. The van der Waals surface area contributed by atoms with Gasteiger partial charge in [-0.2, -0.15) is 0 Å². The predicted molar refractivity (Wildman–Crippen MR) is 135 cm³/mol. The van der Waals surface area contributed by atoms with Crippen LogP contribution in [0.15, 0.2) is 78.9 Å². The number of urea groups is 1. The van der Waals surface area contributed by atoms with E-state index in [-0.39, 0.29) is 18.4 Å². The van der Waals surface area contributed by atoms with Gasteiger partial charge in [0.1, 0.15) is 24.4 Å². The Morgan fingerprint density at radius 2 is 1.69 bits per heavy atom. The lowest BCUT2D eigenvalue weighted by Crippen LogP contribution is -2.44. The summed E-state index contributed by atoms with van der Waals surface area (Å²) in [6, 6.07) is 24.7.